The summed E-state index contributed by atoms with van der Waals surface area (Å²) >= 11 is 0. The van der Waals surface area contributed by atoms with Crippen molar-refractivity contribution in [1.29, 1.82) is 0 Å². The van der Waals surface area contributed by atoms with Crippen LogP contribution in [-0.2, 0) is 16.8 Å². The van der Waals surface area contributed by atoms with Gasteiger partial charge in [0.1, 0.15) is 0 Å². The Bertz CT molecular complexity index is 359. The molecule has 1 aromatic rings. The highest BCUT2D eigenvalue weighted by Gasteiger charge is 2.38. The van der Waals surface area contributed by atoms with E-state index in [2.05, 4.69) is 0 Å². The van der Waals surface area contributed by atoms with Crippen molar-refractivity contribution < 1.29 is 9.13 Å². The molecule has 3 heteroatoms. The molecule has 88 valence electrons. The lowest BCUT2D eigenvalue weighted by Crippen LogP contribution is -2.25. The van der Waals surface area contributed by atoms with Crippen molar-refractivity contribution in [3.05, 3.63) is 35.4 Å². The summed E-state index contributed by atoms with van der Waals surface area (Å²) in [5.74, 6) is 0. The van der Waals surface area contributed by atoms with Crippen LogP contribution in [0.1, 0.15) is 24.5 Å². The first kappa shape index (κ1) is 11.6. The minimum Gasteiger partial charge on any atom is -0.378 e. The summed E-state index contributed by atoms with van der Waals surface area (Å²) in [5, 5.41) is 0. The van der Waals surface area contributed by atoms with Crippen molar-refractivity contribution in [2.24, 2.45) is 5.73 Å². The van der Waals surface area contributed by atoms with Gasteiger partial charge in [-0.3, -0.25) is 0 Å². The summed E-state index contributed by atoms with van der Waals surface area (Å²) in [6.45, 7) is 2.61. The maximum Gasteiger partial charge on any atom is 0.161 e. The van der Waals surface area contributed by atoms with Crippen molar-refractivity contribution in [3.63, 3.8) is 0 Å². The van der Waals surface area contributed by atoms with Gasteiger partial charge in [0, 0.05) is 12.5 Å². The zero-order valence-corrected chi connectivity index (χ0v) is 9.58. The van der Waals surface area contributed by atoms with E-state index in [9.17, 15) is 4.39 Å². The average Bonchev–Trinajstić information content (AvgIpc) is 2.66. The van der Waals surface area contributed by atoms with Gasteiger partial charge in [-0.1, -0.05) is 24.3 Å². The zero-order chi connectivity index (χ0) is 11.6. The summed E-state index contributed by atoms with van der Waals surface area (Å²) in [5.41, 5.74) is 6.23. The van der Waals surface area contributed by atoms with Crippen LogP contribution in [0.5, 0.6) is 0 Å². The molecule has 2 unspecified atom stereocenters. The van der Waals surface area contributed by atoms with Crippen molar-refractivity contribution in [3.8, 4) is 0 Å². The SMILES string of the molecule is CC(N)Cc1ccccc1C1(F)CCOC1. The minimum atomic E-state index is -1.31. The van der Waals surface area contributed by atoms with E-state index >= 15 is 0 Å². The number of hydrogen-bond donors (Lipinski definition) is 1. The van der Waals surface area contributed by atoms with Gasteiger partial charge in [0.05, 0.1) is 13.2 Å². The number of hydrogen-bond acceptors (Lipinski definition) is 2. The first-order valence-corrected chi connectivity index (χ1v) is 5.72. The molecule has 0 aliphatic carbocycles. The van der Waals surface area contributed by atoms with E-state index in [-0.39, 0.29) is 12.6 Å². The second-order valence-electron chi connectivity index (χ2n) is 4.61. The smallest absolute Gasteiger partial charge is 0.161 e. The van der Waals surface area contributed by atoms with Crippen molar-refractivity contribution in [1.82, 2.24) is 0 Å². The van der Waals surface area contributed by atoms with Crippen molar-refractivity contribution >= 4 is 0 Å². The van der Waals surface area contributed by atoms with E-state index in [0.29, 0.717) is 19.4 Å². The Morgan fingerprint density at radius 1 is 1.50 bits per heavy atom. The largest absolute Gasteiger partial charge is 0.378 e. The summed E-state index contributed by atoms with van der Waals surface area (Å²) < 4.78 is 19.8. The van der Waals surface area contributed by atoms with Crippen molar-refractivity contribution in [2.75, 3.05) is 13.2 Å². The highest BCUT2D eigenvalue weighted by atomic mass is 19.1. The van der Waals surface area contributed by atoms with Gasteiger partial charge in [0.2, 0.25) is 0 Å². The maximum atomic E-state index is 14.6. The highest BCUT2D eigenvalue weighted by Crippen LogP contribution is 2.36. The van der Waals surface area contributed by atoms with Crippen LogP contribution in [0.2, 0.25) is 0 Å². The molecule has 0 aromatic heterocycles. The number of halogens is 1. The topological polar surface area (TPSA) is 35.2 Å². The van der Waals surface area contributed by atoms with Gasteiger partial charge in [0.25, 0.3) is 0 Å². The predicted molar refractivity (Wildman–Crippen MR) is 62.0 cm³/mol. The van der Waals surface area contributed by atoms with Gasteiger partial charge in [-0.25, -0.2) is 4.39 Å². The van der Waals surface area contributed by atoms with Gasteiger partial charge in [0.15, 0.2) is 5.67 Å². The predicted octanol–water partition coefficient (Wildman–Crippen LogP) is 2.16. The van der Waals surface area contributed by atoms with Crippen LogP contribution in [-0.4, -0.2) is 19.3 Å². The molecule has 2 N–H and O–H groups in total. The first-order valence-electron chi connectivity index (χ1n) is 5.72. The Labute approximate surface area is 95.6 Å². The molecule has 1 saturated heterocycles. The molecule has 2 rings (SSSR count). The quantitative estimate of drug-likeness (QED) is 0.852. The summed E-state index contributed by atoms with van der Waals surface area (Å²) in [6, 6.07) is 7.66. The van der Waals surface area contributed by atoms with E-state index in [1.807, 2.05) is 31.2 Å². The third-order valence-electron chi connectivity index (χ3n) is 3.02. The number of benzene rings is 1. The maximum absolute atomic E-state index is 14.6. The van der Waals surface area contributed by atoms with Gasteiger partial charge in [-0.15, -0.1) is 0 Å². The molecule has 1 aliphatic rings. The van der Waals surface area contributed by atoms with E-state index in [4.69, 9.17) is 10.5 Å². The van der Waals surface area contributed by atoms with E-state index in [1.165, 1.54) is 0 Å². The van der Waals surface area contributed by atoms with E-state index < -0.39 is 5.67 Å². The second kappa shape index (κ2) is 4.52. The van der Waals surface area contributed by atoms with E-state index in [1.54, 1.807) is 0 Å². The van der Waals surface area contributed by atoms with Gasteiger partial charge >= 0.3 is 0 Å². The molecule has 0 spiro atoms. The number of nitrogens with two attached hydrogens (primary N) is 1. The van der Waals surface area contributed by atoms with Crippen LogP contribution in [0.15, 0.2) is 24.3 Å². The van der Waals surface area contributed by atoms with Crippen molar-refractivity contribution in [2.45, 2.75) is 31.5 Å². The molecule has 0 bridgehead atoms. The van der Waals surface area contributed by atoms with Crippen LogP contribution < -0.4 is 5.73 Å². The monoisotopic (exact) mass is 223 g/mol. The summed E-state index contributed by atoms with van der Waals surface area (Å²) in [4.78, 5) is 0. The molecular formula is C13H18FNO. The minimum absolute atomic E-state index is 0.0482. The lowest BCUT2D eigenvalue weighted by Gasteiger charge is -2.22. The molecule has 0 radical (unpaired) electrons. The normalized spacial score (nSPS) is 26.9. The Morgan fingerprint density at radius 2 is 2.25 bits per heavy atom. The fraction of sp³-hybridized carbons (Fsp3) is 0.538. The Kier molecular flexibility index (Phi) is 3.26. The molecule has 1 heterocycles. The lowest BCUT2D eigenvalue weighted by molar-refractivity contribution is 0.111. The number of ether oxygens (including phenoxy) is 1. The van der Waals surface area contributed by atoms with Gasteiger partial charge in [-0.05, 0) is 24.5 Å². The van der Waals surface area contributed by atoms with Gasteiger partial charge in [-0.2, -0.15) is 0 Å². The van der Waals surface area contributed by atoms with Gasteiger partial charge < -0.3 is 10.5 Å². The van der Waals surface area contributed by atoms with E-state index in [0.717, 1.165) is 11.1 Å². The third-order valence-corrected chi connectivity index (χ3v) is 3.02. The molecule has 16 heavy (non-hydrogen) atoms. The molecule has 1 aromatic carbocycles. The lowest BCUT2D eigenvalue weighted by atomic mass is 9.88. The Balaban J connectivity index is 2.32. The standard InChI is InChI=1S/C13H18FNO/c1-10(15)8-11-4-2-3-5-12(11)13(14)6-7-16-9-13/h2-5,10H,6-9,15H2,1H3. The summed E-state index contributed by atoms with van der Waals surface area (Å²) in [7, 11) is 0. The van der Waals surface area contributed by atoms with Crippen LogP contribution in [0.3, 0.4) is 0 Å². The average molecular weight is 223 g/mol. The molecule has 0 amide bonds. The Hall–Kier alpha value is -0.930. The van der Waals surface area contributed by atoms with Crippen LogP contribution in [0.25, 0.3) is 0 Å². The van der Waals surface area contributed by atoms with Crippen LogP contribution in [0, 0.1) is 0 Å². The Morgan fingerprint density at radius 3 is 2.88 bits per heavy atom. The first-order chi connectivity index (χ1) is 7.62. The number of alkyl halides is 1. The molecule has 1 aliphatic heterocycles. The molecule has 1 fully saturated rings. The van der Waals surface area contributed by atoms with Crippen LogP contribution in [0.4, 0.5) is 4.39 Å². The number of rotatable bonds is 3. The zero-order valence-electron chi connectivity index (χ0n) is 9.58. The second-order valence-corrected chi connectivity index (χ2v) is 4.61. The summed E-state index contributed by atoms with van der Waals surface area (Å²) in [6.07, 6.45) is 1.16. The molecule has 2 atom stereocenters. The fourth-order valence-electron chi connectivity index (χ4n) is 2.23. The fourth-order valence-corrected chi connectivity index (χ4v) is 2.23. The van der Waals surface area contributed by atoms with Crippen LogP contribution >= 0.6 is 0 Å². The molecular weight excluding hydrogens is 205 g/mol. The molecule has 2 nitrogen and oxygen atoms in total. The third kappa shape index (κ3) is 2.25. The molecule has 0 saturated carbocycles. The highest BCUT2D eigenvalue weighted by molar-refractivity contribution is 5.34.